The van der Waals surface area contributed by atoms with E-state index in [1.165, 1.54) is 0 Å². The quantitative estimate of drug-likeness (QED) is 0.356. The summed E-state index contributed by atoms with van der Waals surface area (Å²) in [7, 11) is 1.66. The van der Waals surface area contributed by atoms with Crippen molar-refractivity contribution in [2.45, 2.75) is 13.2 Å². The van der Waals surface area contributed by atoms with E-state index in [0.29, 0.717) is 35.8 Å². The number of anilines is 1. The molecule has 0 fully saturated rings. The lowest BCUT2D eigenvalue weighted by Gasteiger charge is -2.06. The van der Waals surface area contributed by atoms with E-state index in [1.807, 2.05) is 30.3 Å². The van der Waals surface area contributed by atoms with Gasteiger partial charge < -0.3 is 16.3 Å². The summed E-state index contributed by atoms with van der Waals surface area (Å²) in [6.45, 7) is 0.997. The molecule has 3 rings (SSSR count). The van der Waals surface area contributed by atoms with Gasteiger partial charge in [0.15, 0.2) is 0 Å². The maximum Gasteiger partial charge on any atom is 0.221 e. The first-order valence-corrected chi connectivity index (χ1v) is 9.13. The van der Waals surface area contributed by atoms with Crippen molar-refractivity contribution < 1.29 is 4.74 Å². The average Bonchev–Trinajstić information content (AvgIpc) is 2.77. The van der Waals surface area contributed by atoms with Gasteiger partial charge in [-0.2, -0.15) is 10.4 Å². The molecule has 150 valence electrons. The number of hydrazone groups is 1. The van der Waals surface area contributed by atoms with Gasteiger partial charge in [0.05, 0.1) is 42.4 Å². The number of nitriles is 1. The predicted molar refractivity (Wildman–Crippen MR) is 117 cm³/mol. The molecule has 1 aromatic heterocycles. The molecular weight excluding hydrogens is 378 g/mol. The normalized spacial score (nSPS) is 11.5. The minimum absolute atomic E-state index is 0.0756. The van der Waals surface area contributed by atoms with Crippen molar-refractivity contribution in [3.8, 4) is 17.3 Å². The second-order valence-electron chi connectivity index (χ2n) is 6.43. The Morgan fingerprint density at radius 1 is 1.13 bits per heavy atom. The zero-order valence-electron chi connectivity index (χ0n) is 16.5. The molecule has 1 heterocycles. The third-order valence-electron chi connectivity index (χ3n) is 4.22. The van der Waals surface area contributed by atoms with Crippen LogP contribution in [0.4, 0.5) is 5.95 Å². The zero-order valence-corrected chi connectivity index (χ0v) is 16.5. The monoisotopic (exact) mass is 399 g/mol. The van der Waals surface area contributed by atoms with Gasteiger partial charge in [-0.3, -0.25) is 4.99 Å². The maximum absolute atomic E-state index is 9.12. The Kier molecular flexibility index (Phi) is 6.82. The van der Waals surface area contributed by atoms with Crippen LogP contribution in [0.3, 0.4) is 0 Å². The molecule has 0 aliphatic rings. The number of hydrogen-bond donors (Lipinski definition) is 2. The van der Waals surface area contributed by atoms with Gasteiger partial charge in [-0.05, 0) is 29.3 Å². The molecule has 0 spiro atoms. The van der Waals surface area contributed by atoms with Crippen molar-refractivity contribution in [2.75, 3.05) is 12.8 Å². The smallest absolute Gasteiger partial charge is 0.221 e. The maximum atomic E-state index is 9.12. The third-order valence-corrected chi connectivity index (χ3v) is 4.22. The Labute approximate surface area is 174 Å². The minimum atomic E-state index is 0.0756. The number of nitrogens with zero attached hydrogens (tertiary/aromatic N) is 5. The van der Waals surface area contributed by atoms with Crippen LogP contribution in [0.15, 0.2) is 64.7 Å². The number of nitrogen functional groups attached to an aromatic ring is 1. The fourth-order valence-corrected chi connectivity index (χ4v) is 2.88. The van der Waals surface area contributed by atoms with Crippen molar-refractivity contribution in [1.29, 1.82) is 5.26 Å². The van der Waals surface area contributed by atoms with E-state index in [1.54, 1.807) is 37.6 Å². The summed E-state index contributed by atoms with van der Waals surface area (Å²) in [4.78, 5) is 12.9. The fraction of sp³-hybridized carbons (Fsp3) is 0.136. The fourth-order valence-electron chi connectivity index (χ4n) is 2.88. The molecule has 0 saturated carbocycles. The third kappa shape index (κ3) is 5.25. The Bertz CT molecular complexity index is 1130. The number of rotatable bonds is 7. The highest BCUT2D eigenvalue weighted by molar-refractivity contribution is 6.37. The highest BCUT2D eigenvalue weighted by Crippen LogP contribution is 2.20. The molecule has 2 aromatic carbocycles. The Hall–Kier alpha value is -4.09. The van der Waals surface area contributed by atoms with E-state index in [9.17, 15) is 0 Å². The molecule has 0 atom stereocenters. The molecule has 8 nitrogen and oxygen atoms in total. The van der Waals surface area contributed by atoms with Gasteiger partial charge in [0.2, 0.25) is 5.95 Å². The Morgan fingerprint density at radius 2 is 1.93 bits per heavy atom. The highest BCUT2D eigenvalue weighted by Gasteiger charge is 2.10. The van der Waals surface area contributed by atoms with E-state index in [2.05, 4.69) is 26.1 Å². The van der Waals surface area contributed by atoms with Crippen molar-refractivity contribution in [3.63, 3.8) is 0 Å². The number of aliphatic imine (C=N–C) groups is 1. The van der Waals surface area contributed by atoms with Crippen LogP contribution in [-0.2, 0) is 17.9 Å². The first-order valence-electron chi connectivity index (χ1n) is 9.13. The second-order valence-corrected chi connectivity index (χ2v) is 6.43. The molecule has 3 aromatic rings. The second kappa shape index (κ2) is 9.91. The number of methoxy groups -OCH3 is 1. The van der Waals surface area contributed by atoms with Crippen LogP contribution >= 0.6 is 0 Å². The molecule has 4 N–H and O–H groups in total. The van der Waals surface area contributed by atoms with E-state index >= 15 is 0 Å². The molecule has 0 bridgehead atoms. The Balaban J connectivity index is 1.83. The minimum Gasteiger partial charge on any atom is -0.380 e. The molecule has 0 amide bonds. The topological polar surface area (TPSA) is 136 Å². The number of ether oxygens (including phenoxy) is 1. The van der Waals surface area contributed by atoms with E-state index in [0.717, 1.165) is 16.7 Å². The zero-order chi connectivity index (χ0) is 21.3. The van der Waals surface area contributed by atoms with Gasteiger partial charge in [0.25, 0.3) is 0 Å². The van der Waals surface area contributed by atoms with Crippen LogP contribution in [0, 0.1) is 11.3 Å². The van der Waals surface area contributed by atoms with Crippen molar-refractivity contribution in [1.82, 2.24) is 9.97 Å². The lowest BCUT2D eigenvalue weighted by molar-refractivity contribution is 0.185. The van der Waals surface area contributed by atoms with E-state index in [-0.39, 0.29) is 5.95 Å². The van der Waals surface area contributed by atoms with Crippen LogP contribution < -0.4 is 11.6 Å². The first-order chi connectivity index (χ1) is 14.6. The summed E-state index contributed by atoms with van der Waals surface area (Å²) in [5.74, 6) is 5.64. The summed E-state index contributed by atoms with van der Waals surface area (Å²) >= 11 is 0. The van der Waals surface area contributed by atoms with Gasteiger partial charge in [-0.1, -0.05) is 36.4 Å². The van der Waals surface area contributed by atoms with Crippen LogP contribution in [0.25, 0.3) is 11.3 Å². The summed E-state index contributed by atoms with van der Waals surface area (Å²) in [6, 6.07) is 18.9. The molecule has 0 aliphatic carbocycles. The highest BCUT2D eigenvalue weighted by atomic mass is 16.5. The van der Waals surface area contributed by atoms with Gasteiger partial charge in [0.1, 0.15) is 5.71 Å². The summed E-state index contributed by atoms with van der Waals surface area (Å²) < 4.78 is 5.16. The van der Waals surface area contributed by atoms with Crippen molar-refractivity contribution in [3.05, 3.63) is 77.0 Å². The average molecular weight is 399 g/mol. The van der Waals surface area contributed by atoms with E-state index in [4.69, 9.17) is 21.6 Å². The van der Waals surface area contributed by atoms with Crippen LogP contribution in [0.1, 0.15) is 22.4 Å². The molecule has 8 heteroatoms. The molecular formula is C22H21N7O. The number of hydrogen-bond acceptors (Lipinski definition) is 8. The number of benzene rings is 2. The van der Waals surface area contributed by atoms with E-state index < -0.39 is 0 Å². The summed E-state index contributed by atoms with van der Waals surface area (Å²) in [5.41, 5.74) is 10.6. The first kappa shape index (κ1) is 20.6. The van der Waals surface area contributed by atoms with Crippen LogP contribution in [0.2, 0.25) is 0 Å². The van der Waals surface area contributed by atoms with Gasteiger partial charge in [-0.15, -0.1) is 0 Å². The summed E-state index contributed by atoms with van der Waals surface area (Å²) in [6.07, 6.45) is 1.56. The molecule has 0 radical (unpaired) electrons. The van der Waals surface area contributed by atoms with Crippen LogP contribution in [-0.4, -0.2) is 29.0 Å². The standard InChI is InChI=1S/C22H21N7O/c1-30-14-17-6-2-5-16(8-17)12-26-13-21(29-25)20-10-19(27-22(24)28-20)18-7-3-4-15(9-18)11-23/h2-10,13H,12,14,25H2,1H3,(H2,24,27,28). The van der Waals surface area contributed by atoms with Gasteiger partial charge >= 0.3 is 0 Å². The number of aromatic nitrogens is 2. The molecule has 0 aliphatic heterocycles. The molecule has 30 heavy (non-hydrogen) atoms. The van der Waals surface area contributed by atoms with Crippen molar-refractivity contribution >= 4 is 17.9 Å². The van der Waals surface area contributed by atoms with Gasteiger partial charge in [-0.25, -0.2) is 9.97 Å². The van der Waals surface area contributed by atoms with Crippen LogP contribution in [0.5, 0.6) is 0 Å². The summed E-state index contributed by atoms with van der Waals surface area (Å²) in [5, 5.41) is 12.9. The number of nitrogens with two attached hydrogens (primary N) is 2. The molecule has 0 unspecified atom stereocenters. The lowest BCUT2D eigenvalue weighted by atomic mass is 10.1. The van der Waals surface area contributed by atoms with Crippen molar-refractivity contribution in [2.24, 2.45) is 15.9 Å². The Morgan fingerprint density at radius 3 is 2.70 bits per heavy atom. The predicted octanol–water partition coefficient (Wildman–Crippen LogP) is 2.68. The largest absolute Gasteiger partial charge is 0.380 e. The lowest BCUT2D eigenvalue weighted by Crippen LogP contribution is -2.11. The SMILES string of the molecule is COCc1cccc(CN=CC(=NN)c2cc(-c3cccc(C#N)c3)nc(N)n2)c1. The molecule has 0 saturated heterocycles. The van der Waals surface area contributed by atoms with Gasteiger partial charge in [0, 0.05) is 12.7 Å².